The molecule has 0 aliphatic rings. The SMILES string of the molecule is Cc1cc(NCCCCn2ccnc2[N+](=O)[O-])nc(N)n1. The van der Waals surface area contributed by atoms with E-state index in [1.54, 1.807) is 6.20 Å². The average Bonchev–Trinajstić information content (AvgIpc) is 2.85. The molecule has 0 atom stereocenters. The topological polar surface area (TPSA) is 125 Å². The van der Waals surface area contributed by atoms with E-state index < -0.39 is 4.92 Å². The van der Waals surface area contributed by atoms with Crippen molar-refractivity contribution in [2.24, 2.45) is 0 Å². The summed E-state index contributed by atoms with van der Waals surface area (Å²) >= 11 is 0. The smallest absolute Gasteiger partial charge is 0.390 e. The molecule has 2 rings (SSSR count). The van der Waals surface area contributed by atoms with Crippen molar-refractivity contribution in [3.63, 3.8) is 0 Å². The quantitative estimate of drug-likeness (QED) is 0.448. The zero-order valence-electron chi connectivity index (χ0n) is 11.7. The first kappa shape index (κ1) is 14.7. The lowest BCUT2D eigenvalue weighted by atomic mass is 10.3. The molecule has 0 saturated carbocycles. The predicted octanol–water partition coefficient (Wildman–Crippen LogP) is 1.36. The molecule has 112 valence electrons. The van der Waals surface area contributed by atoms with Crippen LogP contribution in [-0.2, 0) is 6.54 Å². The van der Waals surface area contributed by atoms with Gasteiger partial charge >= 0.3 is 5.95 Å². The molecule has 9 heteroatoms. The summed E-state index contributed by atoms with van der Waals surface area (Å²) in [4.78, 5) is 22.0. The van der Waals surface area contributed by atoms with E-state index >= 15 is 0 Å². The van der Waals surface area contributed by atoms with Gasteiger partial charge in [-0.05, 0) is 24.7 Å². The Bertz CT molecular complexity index is 606. The summed E-state index contributed by atoms with van der Waals surface area (Å²) in [5.41, 5.74) is 6.37. The molecule has 0 aliphatic carbocycles. The van der Waals surface area contributed by atoms with E-state index in [4.69, 9.17) is 5.73 Å². The molecule has 9 nitrogen and oxygen atoms in total. The summed E-state index contributed by atoms with van der Waals surface area (Å²) < 4.78 is 1.53. The van der Waals surface area contributed by atoms with Crippen molar-refractivity contribution in [3.8, 4) is 0 Å². The van der Waals surface area contributed by atoms with Gasteiger partial charge in [0.2, 0.25) is 5.95 Å². The van der Waals surface area contributed by atoms with Crippen LogP contribution in [0, 0.1) is 17.0 Å². The lowest BCUT2D eigenvalue weighted by Crippen LogP contribution is -2.08. The number of aryl methyl sites for hydroxylation is 2. The number of nitrogen functional groups attached to an aromatic ring is 1. The van der Waals surface area contributed by atoms with E-state index in [0.717, 1.165) is 18.5 Å². The van der Waals surface area contributed by atoms with Crippen molar-refractivity contribution in [2.45, 2.75) is 26.3 Å². The number of nitrogens with one attached hydrogen (secondary N) is 1. The lowest BCUT2D eigenvalue weighted by Gasteiger charge is -2.06. The van der Waals surface area contributed by atoms with E-state index in [0.29, 0.717) is 18.9 Å². The summed E-state index contributed by atoms with van der Waals surface area (Å²) in [6.45, 7) is 3.11. The van der Waals surface area contributed by atoms with Gasteiger partial charge in [-0.25, -0.2) is 9.55 Å². The molecular weight excluding hydrogens is 274 g/mol. The van der Waals surface area contributed by atoms with Gasteiger partial charge in [-0.3, -0.25) is 0 Å². The average molecular weight is 291 g/mol. The molecule has 0 spiro atoms. The summed E-state index contributed by atoms with van der Waals surface area (Å²) in [5, 5.41) is 13.9. The lowest BCUT2D eigenvalue weighted by molar-refractivity contribution is -0.396. The first-order chi connectivity index (χ1) is 10.1. The first-order valence-electron chi connectivity index (χ1n) is 6.57. The van der Waals surface area contributed by atoms with Crippen molar-refractivity contribution >= 4 is 17.7 Å². The molecule has 0 unspecified atom stereocenters. The zero-order chi connectivity index (χ0) is 15.2. The Hall–Kier alpha value is -2.71. The van der Waals surface area contributed by atoms with Crippen molar-refractivity contribution in [3.05, 3.63) is 34.3 Å². The first-order valence-corrected chi connectivity index (χ1v) is 6.57. The number of anilines is 2. The predicted molar refractivity (Wildman–Crippen MR) is 77.8 cm³/mol. The normalized spacial score (nSPS) is 10.5. The van der Waals surface area contributed by atoms with E-state index in [1.807, 2.05) is 13.0 Å². The number of hydrogen-bond donors (Lipinski definition) is 2. The second kappa shape index (κ2) is 6.64. The monoisotopic (exact) mass is 291 g/mol. The van der Waals surface area contributed by atoms with Crippen LogP contribution in [0.15, 0.2) is 18.5 Å². The number of nitro groups is 1. The van der Waals surface area contributed by atoms with Gasteiger partial charge in [-0.2, -0.15) is 4.98 Å². The van der Waals surface area contributed by atoms with E-state index in [1.165, 1.54) is 10.8 Å². The van der Waals surface area contributed by atoms with Crippen molar-refractivity contribution < 1.29 is 4.92 Å². The molecule has 21 heavy (non-hydrogen) atoms. The minimum atomic E-state index is -0.481. The van der Waals surface area contributed by atoms with Gasteiger partial charge in [0.15, 0.2) is 0 Å². The number of hydrogen-bond acceptors (Lipinski definition) is 7. The molecule has 0 bridgehead atoms. The third-order valence-corrected chi connectivity index (χ3v) is 2.86. The molecule has 0 radical (unpaired) electrons. The van der Waals surface area contributed by atoms with Crippen molar-refractivity contribution in [2.75, 3.05) is 17.6 Å². The van der Waals surface area contributed by atoms with Crippen LogP contribution < -0.4 is 11.1 Å². The van der Waals surface area contributed by atoms with Crippen LogP contribution in [-0.4, -0.2) is 31.0 Å². The van der Waals surface area contributed by atoms with Gasteiger partial charge in [0, 0.05) is 18.3 Å². The number of rotatable bonds is 7. The van der Waals surface area contributed by atoms with Gasteiger partial charge in [-0.15, -0.1) is 0 Å². The molecule has 2 heterocycles. The summed E-state index contributed by atoms with van der Waals surface area (Å²) in [5.74, 6) is 0.808. The van der Waals surface area contributed by atoms with E-state index in [9.17, 15) is 10.1 Å². The Morgan fingerprint density at radius 3 is 2.95 bits per heavy atom. The highest BCUT2D eigenvalue weighted by Crippen LogP contribution is 2.10. The van der Waals surface area contributed by atoms with Gasteiger partial charge < -0.3 is 21.2 Å². The number of nitrogens with zero attached hydrogens (tertiary/aromatic N) is 5. The molecule has 3 N–H and O–H groups in total. The third kappa shape index (κ3) is 4.13. The second-order valence-corrected chi connectivity index (χ2v) is 4.56. The number of nitrogens with two attached hydrogens (primary N) is 1. The minimum absolute atomic E-state index is 0.123. The van der Waals surface area contributed by atoms with E-state index in [-0.39, 0.29) is 11.9 Å². The molecule has 0 fully saturated rings. The van der Waals surface area contributed by atoms with Gasteiger partial charge in [0.25, 0.3) is 0 Å². The van der Waals surface area contributed by atoms with Crippen LogP contribution in [0.5, 0.6) is 0 Å². The van der Waals surface area contributed by atoms with Crippen LogP contribution in [0.25, 0.3) is 0 Å². The largest absolute Gasteiger partial charge is 0.434 e. The standard InChI is InChI=1S/C12H17N7O2/c1-9-8-10(17-11(13)16-9)14-4-2-3-6-18-7-5-15-12(18)19(20)21/h5,7-8H,2-4,6H2,1H3,(H3,13,14,16,17). The Kier molecular flexibility index (Phi) is 4.64. The maximum absolute atomic E-state index is 10.7. The number of aromatic nitrogens is 4. The highest BCUT2D eigenvalue weighted by atomic mass is 16.6. The van der Waals surface area contributed by atoms with Gasteiger partial charge in [-0.1, -0.05) is 4.98 Å². The van der Waals surface area contributed by atoms with Crippen molar-refractivity contribution in [1.82, 2.24) is 19.5 Å². The van der Waals surface area contributed by atoms with Crippen LogP contribution in [0.3, 0.4) is 0 Å². The highest BCUT2D eigenvalue weighted by molar-refractivity contribution is 5.39. The Balaban J connectivity index is 1.75. The fourth-order valence-corrected chi connectivity index (χ4v) is 1.95. The Morgan fingerprint density at radius 1 is 1.43 bits per heavy atom. The third-order valence-electron chi connectivity index (χ3n) is 2.86. The summed E-state index contributed by atoms with van der Waals surface area (Å²) in [6.07, 6.45) is 4.69. The zero-order valence-corrected chi connectivity index (χ0v) is 11.7. The van der Waals surface area contributed by atoms with Crippen LogP contribution in [0.4, 0.5) is 17.7 Å². The van der Waals surface area contributed by atoms with Crippen molar-refractivity contribution in [1.29, 1.82) is 0 Å². The molecule has 0 aliphatic heterocycles. The molecule has 0 aromatic carbocycles. The van der Waals surface area contributed by atoms with Crippen LogP contribution >= 0.6 is 0 Å². The van der Waals surface area contributed by atoms with Gasteiger partial charge in [0.05, 0.1) is 6.54 Å². The fourth-order valence-electron chi connectivity index (χ4n) is 1.95. The molecule has 0 amide bonds. The van der Waals surface area contributed by atoms with Crippen LogP contribution in [0.2, 0.25) is 0 Å². The number of imidazole rings is 1. The molecule has 2 aromatic heterocycles. The summed E-state index contributed by atoms with van der Waals surface area (Å²) in [6, 6.07) is 1.82. The Morgan fingerprint density at radius 2 is 2.24 bits per heavy atom. The Labute approximate surface area is 121 Å². The molecular formula is C12H17N7O2. The fraction of sp³-hybridized carbons (Fsp3) is 0.417. The summed E-state index contributed by atoms with van der Waals surface area (Å²) in [7, 11) is 0. The van der Waals surface area contributed by atoms with E-state index in [2.05, 4.69) is 20.3 Å². The second-order valence-electron chi connectivity index (χ2n) is 4.56. The molecule has 0 saturated heterocycles. The maximum Gasteiger partial charge on any atom is 0.434 e. The van der Waals surface area contributed by atoms with Gasteiger partial charge in [0.1, 0.15) is 18.2 Å². The highest BCUT2D eigenvalue weighted by Gasteiger charge is 2.12. The number of unbranched alkanes of at least 4 members (excludes halogenated alkanes) is 1. The van der Waals surface area contributed by atoms with Crippen LogP contribution in [0.1, 0.15) is 18.5 Å². The molecule has 2 aromatic rings. The minimum Gasteiger partial charge on any atom is -0.390 e. The maximum atomic E-state index is 10.7.